The second-order valence-corrected chi connectivity index (χ2v) is 5.42. The van der Waals surface area contributed by atoms with Crippen LogP contribution in [0.15, 0.2) is 24.5 Å². The summed E-state index contributed by atoms with van der Waals surface area (Å²) in [5.74, 6) is 1.71. The van der Waals surface area contributed by atoms with Crippen molar-refractivity contribution in [2.75, 3.05) is 0 Å². The van der Waals surface area contributed by atoms with Gasteiger partial charge in [-0.1, -0.05) is 6.92 Å². The minimum absolute atomic E-state index is 0.481. The van der Waals surface area contributed by atoms with Gasteiger partial charge in [-0.2, -0.15) is 5.10 Å². The van der Waals surface area contributed by atoms with Crippen LogP contribution < -0.4 is 0 Å². The maximum atomic E-state index is 5.38. The smallest absolute Gasteiger partial charge is 0.195 e. The second kappa shape index (κ2) is 4.65. The molecule has 0 aromatic carbocycles. The zero-order valence-electron chi connectivity index (χ0n) is 10.3. The third kappa shape index (κ3) is 1.99. The van der Waals surface area contributed by atoms with Crippen LogP contribution in [-0.4, -0.2) is 19.7 Å². The van der Waals surface area contributed by atoms with Crippen LogP contribution in [0.4, 0.5) is 0 Å². The first-order valence-electron chi connectivity index (χ1n) is 6.33. The number of aromatic amines is 1. The Morgan fingerprint density at radius 1 is 1.33 bits per heavy atom. The van der Waals surface area contributed by atoms with E-state index in [1.54, 1.807) is 12.4 Å². The van der Waals surface area contributed by atoms with Crippen LogP contribution >= 0.6 is 12.2 Å². The largest absolute Gasteiger partial charge is 0.297 e. The van der Waals surface area contributed by atoms with E-state index in [0.29, 0.717) is 6.04 Å². The fourth-order valence-corrected chi connectivity index (χ4v) is 3.04. The Bertz CT molecular complexity index is 587. The minimum atomic E-state index is 0.481. The summed E-state index contributed by atoms with van der Waals surface area (Å²) in [6.07, 6.45) is 7.22. The van der Waals surface area contributed by atoms with Gasteiger partial charge in [0.2, 0.25) is 0 Å². The molecule has 94 valence electrons. The molecular weight excluding hydrogens is 244 g/mol. The molecule has 1 aliphatic rings. The van der Waals surface area contributed by atoms with Crippen LogP contribution in [0.25, 0.3) is 11.4 Å². The summed E-state index contributed by atoms with van der Waals surface area (Å²) in [7, 11) is 0. The highest BCUT2D eigenvalue weighted by atomic mass is 32.1. The van der Waals surface area contributed by atoms with Gasteiger partial charge in [-0.25, -0.2) is 0 Å². The van der Waals surface area contributed by atoms with Gasteiger partial charge in [-0.3, -0.25) is 14.6 Å². The van der Waals surface area contributed by atoms with Crippen LogP contribution in [0.2, 0.25) is 0 Å². The number of H-pyrrole nitrogens is 1. The molecule has 0 saturated heterocycles. The zero-order valence-corrected chi connectivity index (χ0v) is 11.2. The lowest BCUT2D eigenvalue weighted by molar-refractivity contribution is 0.492. The van der Waals surface area contributed by atoms with E-state index in [9.17, 15) is 0 Å². The highest BCUT2D eigenvalue weighted by Gasteiger charge is 2.25. The number of rotatable bonds is 2. The number of pyridine rings is 1. The van der Waals surface area contributed by atoms with Crippen molar-refractivity contribution in [3.8, 4) is 11.4 Å². The molecule has 2 atom stereocenters. The van der Waals surface area contributed by atoms with Gasteiger partial charge in [0, 0.05) is 24.0 Å². The minimum Gasteiger partial charge on any atom is -0.297 e. The van der Waals surface area contributed by atoms with E-state index in [0.717, 1.165) is 22.1 Å². The van der Waals surface area contributed by atoms with E-state index in [-0.39, 0.29) is 0 Å². The fraction of sp³-hybridized carbons (Fsp3) is 0.462. The predicted octanol–water partition coefficient (Wildman–Crippen LogP) is 3.36. The molecule has 4 nitrogen and oxygen atoms in total. The quantitative estimate of drug-likeness (QED) is 0.842. The SMILES string of the molecule is CC1CCC(n2c(-c3ccncc3)n[nH]c2=S)C1. The molecular formula is C13H16N4S. The van der Waals surface area contributed by atoms with Crippen molar-refractivity contribution in [1.82, 2.24) is 19.7 Å². The van der Waals surface area contributed by atoms with Crippen molar-refractivity contribution >= 4 is 12.2 Å². The molecule has 5 heteroatoms. The van der Waals surface area contributed by atoms with Gasteiger partial charge in [0.25, 0.3) is 0 Å². The van der Waals surface area contributed by atoms with Crippen molar-refractivity contribution < 1.29 is 0 Å². The highest BCUT2D eigenvalue weighted by Crippen LogP contribution is 2.36. The molecule has 0 radical (unpaired) electrons. The van der Waals surface area contributed by atoms with Gasteiger partial charge in [0.1, 0.15) is 0 Å². The molecule has 0 amide bonds. The molecule has 0 spiro atoms. The average molecular weight is 260 g/mol. The summed E-state index contributed by atoms with van der Waals surface area (Å²) in [5, 5.41) is 7.30. The van der Waals surface area contributed by atoms with Gasteiger partial charge in [-0.05, 0) is 49.5 Å². The number of nitrogens with one attached hydrogen (secondary N) is 1. The molecule has 2 aromatic heterocycles. The van der Waals surface area contributed by atoms with E-state index in [4.69, 9.17) is 12.2 Å². The van der Waals surface area contributed by atoms with E-state index in [2.05, 4.69) is 26.7 Å². The Morgan fingerprint density at radius 3 is 2.78 bits per heavy atom. The van der Waals surface area contributed by atoms with E-state index < -0.39 is 0 Å². The Labute approximate surface area is 111 Å². The Hall–Kier alpha value is -1.49. The fourth-order valence-electron chi connectivity index (χ4n) is 2.76. The van der Waals surface area contributed by atoms with Crippen molar-refractivity contribution in [3.63, 3.8) is 0 Å². The summed E-state index contributed by atoms with van der Waals surface area (Å²) in [4.78, 5) is 4.04. The Balaban J connectivity index is 2.05. The summed E-state index contributed by atoms with van der Waals surface area (Å²) in [6, 6.07) is 4.43. The Morgan fingerprint density at radius 2 is 2.11 bits per heavy atom. The molecule has 1 N–H and O–H groups in total. The van der Waals surface area contributed by atoms with Gasteiger partial charge in [0.15, 0.2) is 10.6 Å². The van der Waals surface area contributed by atoms with Gasteiger partial charge < -0.3 is 0 Å². The topological polar surface area (TPSA) is 46.5 Å². The van der Waals surface area contributed by atoms with Crippen LogP contribution in [0.5, 0.6) is 0 Å². The van der Waals surface area contributed by atoms with Crippen molar-refractivity contribution in [3.05, 3.63) is 29.3 Å². The maximum Gasteiger partial charge on any atom is 0.195 e. The molecule has 1 aliphatic carbocycles. The average Bonchev–Trinajstić information content (AvgIpc) is 2.96. The Kier molecular flexibility index (Phi) is 2.99. The molecule has 3 rings (SSSR count). The predicted molar refractivity (Wildman–Crippen MR) is 72.7 cm³/mol. The molecule has 0 aliphatic heterocycles. The monoisotopic (exact) mass is 260 g/mol. The van der Waals surface area contributed by atoms with Crippen LogP contribution in [0.1, 0.15) is 32.2 Å². The lowest BCUT2D eigenvalue weighted by atomic mass is 10.1. The van der Waals surface area contributed by atoms with Gasteiger partial charge >= 0.3 is 0 Å². The molecule has 2 aromatic rings. The van der Waals surface area contributed by atoms with Gasteiger partial charge in [-0.15, -0.1) is 0 Å². The summed E-state index contributed by atoms with van der Waals surface area (Å²) in [6.45, 7) is 2.30. The number of nitrogens with zero attached hydrogens (tertiary/aromatic N) is 3. The molecule has 1 saturated carbocycles. The summed E-state index contributed by atoms with van der Waals surface area (Å²) in [5.41, 5.74) is 1.07. The van der Waals surface area contributed by atoms with Gasteiger partial charge in [0.05, 0.1) is 0 Å². The van der Waals surface area contributed by atoms with E-state index >= 15 is 0 Å². The summed E-state index contributed by atoms with van der Waals surface area (Å²) >= 11 is 5.38. The molecule has 0 bridgehead atoms. The highest BCUT2D eigenvalue weighted by molar-refractivity contribution is 7.71. The molecule has 2 heterocycles. The van der Waals surface area contributed by atoms with Crippen LogP contribution in [0.3, 0.4) is 0 Å². The lowest BCUT2D eigenvalue weighted by Gasteiger charge is -2.14. The molecule has 18 heavy (non-hydrogen) atoms. The standard InChI is InChI=1S/C13H16N4S/c1-9-2-3-11(8-9)17-12(15-16-13(17)18)10-4-6-14-7-5-10/h4-7,9,11H,2-3,8H2,1H3,(H,16,18). The first-order valence-corrected chi connectivity index (χ1v) is 6.74. The lowest BCUT2D eigenvalue weighted by Crippen LogP contribution is -2.07. The zero-order chi connectivity index (χ0) is 12.5. The summed E-state index contributed by atoms with van der Waals surface area (Å²) < 4.78 is 2.90. The second-order valence-electron chi connectivity index (χ2n) is 5.03. The molecule has 2 unspecified atom stereocenters. The maximum absolute atomic E-state index is 5.38. The van der Waals surface area contributed by atoms with E-state index in [1.165, 1.54) is 19.3 Å². The normalized spacial score (nSPS) is 23.4. The van der Waals surface area contributed by atoms with Crippen LogP contribution in [-0.2, 0) is 0 Å². The number of hydrogen-bond donors (Lipinski definition) is 1. The first kappa shape index (κ1) is 11.6. The number of hydrogen-bond acceptors (Lipinski definition) is 3. The third-order valence-electron chi connectivity index (χ3n) is 3.68. The van der Waals surface area contributed by atoms with E-state index in [1.807, 2.05) is 12.1 Å². The van der Waals surface area contributed by atoms with Crippen molar-refractivity contribution in [2.24, 2.45) is 5.92 Å². The third-order valence-corrected chi connectivity index (χ3v) is 3.96. The van der Waals surface area contributed by atoms with Crippen molar-refractivity contribution in [1.29, 1.82) is 0 Å². The number of aromatic nitrogens is 4. The van der Waals surface area contributed by atoms with Crippen LogP contribution in [0, 0.1) is 10.7 Å². The van der Waals surface area contributed by atoms with Crippen molar-refractivity contribution in [2.45, 2.75) is 32.2 Å². The first-order chi connectivity index (χ1) is 8.75. The molecule has 1 fully saturated rings.